The van der Waals surface area contributed by atoms with E-state index in [1.165, 1.54) is 0 Å². The molecule has 0 aliphatic carbocycles. The SMILES string of the molecule is CC(CCc1ccco1)NCC1CN(C(C)C)CCO1. The molecule has 1 aromatic heterocycles. The first-order valence-corrected chi connectivity index (χ1v) is 7.76. The number of aryl methyl sites for hydroxylation is 1. The number of nitrogens with zero attached hydrogens (tertiary/aromatic N) is 1. The number of furan rings is 1. The Morgan fingerprint density at radius 2 is 2.25 bits per heavy atom. The highest BCUT2D eigenvalue weighted by molar-refractivity contribution is 4.98. The first-order chi connectivity index (χ1) is 9.65. The van der Waals surface area contributed by atoms with Crippen molar-refractivity contribution in [2.24, 2.45) is 0 Å². The Morgan fingerprint density at radius 1 is 1.40 bits per heavy atom. The molecule has 0 aromatic carbocycles. The van der Waals surface area contributed by atoms with Crippen molar-refractivity contribution in [3.05, 3.63) is 24.2 Å². The largest absolute Gasteiger partial charge is 0.469 e. The lowest BCUT2D eigenvalue weighted by atomic mass is 10.1. The quantitative estimate of drug-likeness (QED) is 0.831. The number of hydrogen-bond acceptors (Lipinski definition) is 4. The van der Waals surface area contributed by atoms with Gasteiger partial charge in [0, 0.05) is 38.1 Å². The highest BCUT2D eigenvalue weighted by Gasteiger charge is 2.22. The Bertz CT molecular complexity index is 365. The molecule has 1 N–H and O–H groups in total. The molecule has 0 spiro atoms. The zero-order valence-electron chi connectivity index (χ0n) is 13.0. The smallest absolute Gasteiger partial charge is 0.103 e. The van der Waals surface area contributed by atoms with Crippen molar-refractivity contribution in [2.75, 3.05) is 26.2 Å². The van der Waals surface area contributed by atoms with Crippen LogP contribution < -0.4 is 5.32 Å². The molecule has 2 atom stereocenters. The van der Waals surface area contributed by atoms with Crippen molar-refractivity contribution < 1.29 is 9.15 Å². The molecule has 1 aliphatic heterocycles. The molecule has 0 amide bonds. The van der Waals surface area contributed by atoms with Gasteiger partial charge in [0.05, 0.1) is 19.0 Å². The molecule has 0 bridgehead atoms. The minimum Gasteiger partial charge on any atom is -0.469 e. The molecule has 2 rings (SSSR count). The van der Waals surface area contributed by atoms with Gasteiger partial charge in [-0.05, 0) is 39.3 Å². The maximum atomic E-state index is 5.84. The minimum absolute atomic E-state index is 0.317. The van der Waals surface area contributed by atoms with Crippen molar-refractivity contribution in [1.29, 1.82) is 0 Å². The zero-order chi connectivity index (χ0) is 14.4. The number of hydrogen-bond donors (Lipinski definition) is 1. The lowest BCUT2D eigenvalue weighted by molar-refractivity contribution is -0.0380. The topological polar surface area (TPSA) is 37.6 Å². The van der Waals surface area contributed by atoms with E-state index in [-0.39, 0.29) is 0 Å². The summed E-state index contributed by atoms with van der Waals surface area (Å²) in [6, 6.07) is 5.08. The van der Waals surface area contributed by atoms with E-state index in [1.807, 2.05) is 12.1 Å². The standard InChI is InChI=1S/C16H28N2O2/c1-13(2)18-8-10-20-16(12-18)11-17-14(3)6-7-15-5-4-9-19-15/h4-5,9,13-14,16-17H,6-8,10-12H2,1-3H3. The van der Waals surface area contributed by atoms with Crippen molar-refractivity contribution in [3.8, 4) is 0 Å². The third kappa shape index (κ3) is 4.93. The Morgan fingerprint density at radius 3 is 2.95 bits per heavy atom. The first-order valence-electron chi connectivity index (χ1n) is 7.76. The van der Waals surface area contributed by atoms with Crippen LogP contribution in [0.1, 0.15) is 33.0 Å². The fourth-order valence-electron chi connectivity index (χ4n) is 2.58. The minimum atomic E-state index is 0.317. The van der Waals surface area contributed by atoms with Crippen LogP contribution in [0.2, 0.25) is 0 Å². The molecule has 4 nitrogen and oxygen atoms in total. The average molecular weight is 280 g/mol. The molecule has 2 heterocycles. The summed E-state index contributed by atoms with van der Waals surface area (Å²) in [4.78, 5) is 2.49. The van der Waals surface area contributed by atoms with Gasteiger partial charge in [0.25, 0.3) is 0 Å². The van der Waals surface area contributed by atoms with Gasteiger partial charge in [-0.2, -0.15) is 0 Å². The lowest BCUT2D eigenvalue weighted by Gasteiger charge is -2.36. The van der Waals surface area contributed by atoms with Gasteiger partial charge in [0.1, 0.15) is 5.76 Å². The maximum Gasteiger partial charge on any atom is 0.103 e. The van der Waals surface area contributed by atoms with Gasteiger partial charge in [-0.3, -0.25) is 4.90 Å². The van der Waals surface area contributed by atoms with Crippen LogP contribution in [-0.2, 0) is 11.2 Å². The number of rotatable bonds is 7. The van der Waals surface area contributed by atoms with E-state index >= 15 is 0 Å². The normalized spacial score (nSPS) is 22.3. The van der Waals surface area contributed by atoms with E-state index in [9.17, 15) is 0 Å². The van der Waals surface area contributed by atoms with Crippen LogP contribution in [0, 0.1) is 0 Å². The van der Waals surface area contributed by atoms with E-state index in [4.69, 9.17) is 9.15 Å². The molecule has 1 saturated heterocycles. The van der Waals surface area contributed by atoms with Gasteiger partial charge >= 0.3 is 0 Å². The van der Waals surface area contributed by atoms with Crippen molar-refractivity contribution >= 4 is 0 Å². The molecule has 4 heteroatoms. The summed E-state index contributed by atoms with van der Waals surface area (Å²) in [5, 5.41) is 3.58. The predicted octanol–water partition coefficient (Wildman–Crippen LogP) is 2.30. The van der Waals surface area contributed by atoms with Gasteiger partial charge in [0.2, 0.25) is 0 Å². The molecule has 114 valence electrons. The summed E-state index contributed by atoms with van der Waals surface area (Å²) in [5.74, 6) is 1.07. The van der Waals surface area contributed by atoms with E-state index in [0.29, 0.717) is 18.2 Å². The van der Waals surface area contributed by atoms with E-state index in [2.05, 4.69) is 31.0 Å². The van der Waals surface area contributed by atoms with E-state index in [1.54, 1.807) is 6.26 Å². The van der Waals surface area contributed by atoms with Crippen LogP contribution in [0.3, 0.4) is 0 Å². The van der Waals surface area contributed by atoms with Gasteiger partial charge in [0.15, 0.2) is 0 Å². The van der Waals surface area contributed by atoms with Crippen LogP contribution in [0.4, 0.5) is 0 Å². The summed E-state index contributed by atoms with van der Waals surface area (Å²) in [6.07, 6.45) is 4.14. The summed E-state index contributed by atoms with van der Waals surface area (Å²) in [5.41, 5.74) is 0. The second-order valence-electron chi connectivity index (χ2n) is 6.01. The fraction of sp³-hybridized carbons (Fsp3) is 0.750. The number of morpholine rings is 1. The van der Waals surface area contributed by atoms with Crippen molar-refractivity contribution in [3.63, 3.8) is 0 Å². The van der Waals surface area contributed by atoms with Crippen LogP contribution in [0.5, 0.6) is 0 Å². The van der Waals surface area contributed by atoms with Gasteiger partial charge in [-0.25, -0.2) is 0 Å². The third-order valence-corrected chi connectivity index (χ3v) is 4.00. The maximum absolute atomic E-state index is 5.84. The second-order valence-corrected chi connectivity index (χ2v) is 6.01. The summed E-state index contributed by atoms with van der Waals surface area (Å²) in [6.45, 7) is 10.6. The lowest BCUT2D eigenvalue weighted by Crippen LogP contribution is -2.50. The first kappa shape index (κ1) is 15.5. The van der Waals surface area contributed by atoms with Crippen LogP contribution in [0.25, 0.3) is 0 Å². The highest BCUT2D eigenvalue weighted by Crippen LogP contribution is 2.09. The second kappa shape index (κ2) is 7.81. The summed E-state index contributed by atoms with van der Waals surface area (Å²) >= 11 is 0. The van der Waals surface area contributed by atoms with Crippen molar-refractivity contribution in [1.82, 2.24) is 10.2 Å². The van der Waals surface area contributed by atoms with E-state index < -0.39 is 0 Å². The monoisotopic (exact) mass is 280 g/mol. The number of nitrogens with one attached hydrogen (secondary N) is 1. The molecule has 1 fully saturated rings. The van der Waals surface area contributed by atoms with Crippen LogP contribution in [-0.4, -0.2) is 49.3 Å². The molecule has 2 unspecified atom stereocenters. The number of ether oxygens (including phenoxy) is 1. The molecule has 0 radical (unpaired) electrons. The van der Waals surface area contributed by atoms with Crippen LogP contribution in [0.15, 0.2) is 22.8 Å². The van der Waals surface area contributed by atoms with Crippen LogP contribution >= 0.6 is 0 Å². The molecular weight excluding hydrogens is 252 g/mol. The third-order valence-electron chi connectivity index (χ3n) is 4.00. The van der Waals surface area contributed by atoms with Crippen molar-refractivity contribution in [2.45, 2.75) is 51.8 Å². The van der Waals surface area contributed by atoms with E-state index in [0.717, 1.165) is 44.8 Å². The highest BCUT2D eigenvalue weighted by atomic mass is 16.5. The Balaban J connectivity index is 1.63. The molecule has 1 aliphatic rings. The van der Waals surface area contributed by atoms with Gasteiger partial charge < -0.3 is 14.5 Å². The summed E-state index contributed by atoms with van der Waals surface area (Å²) < 4.78 is 11.2. The molecule has 20 heavy (non-hydrogen) atoms. The Hall–Kier alpha value is -0.840. The summed E-state index contributed by atoms with van der Waals surface area (Å²) in [7, 11) is 0. The Kier molecular flexibility index (Phi) is 6.07. The zero-order valence-corrected chi connectivity index (χ0v) is 13.0. The van der Waals surface area contributed by atoms with Gasteiger partial charge in [-0.15, -0.1) is 0 Å². The molecule has 1 aromatic rings. The Labute approximate surface area is 122 Å². The van der Waals surface area contributed by atoms with Gasteiger partial charge in [-0.1, -0.05) is 0 Å². The fourth-order valence-corrected chi connectivity index (χ4v) is 2.58. The predicted molar refractivity (Wildman–Crippen MR) is 80.9 cm³/mol. The molecular formula is C16H28N2O2. The average Bonchev–Trinajstić information content (AvgIpc) is 2.96. The molecule has 0 saturated carbocycles.